The summed E-state index contributed by atoms with van der Waals surface area (Å²) in [5.41, 5.74) is 5.71. The van der Waals surface area contributed by atoms with Crippen molar-refractivity contribution in [1.29, 1.82) is 0 Å². The molecule has 0 bridgehead atoms. The number of hydrogen-bond acceptors (Lipinski definition) is 6. The number of aromatic nitrogens is 2. The summed E-state index contributed by atoms with van der Waals surface area (Å²) in [4.78, 5) is 20.6. The Bertz CT molecular complexity index is 896. The Morgan fingerprint density at radius 2 is 1.92 bits per heavy atom. The fraction of sp³-hybridized carbons (Fsp3) is 0.222. The van der Waals surface area contributed by atoms with Crippen molar-refractivity contribution in [3.8, 4) is 0 Å². The molecule has 1 amide bonds. The van der Waals surface area contributed by atoms with Crippen LogP contribution in [0.2, 0.25) is 0 Å². The lowest BCUT2D eigenvalue weighted by molar-refractivity contribution is -0.118. The molecule has 0 aliphatic rings. The van der Waals surface area contributed by atoms with Gasteiger partial charge < -0.3 is 4.42 Å². The van der Waals surface area contributed by atoms with E-state index in [0.29, 0.717) is 16.6 Å². The number of nitrogens with zero attached hydrogens (tertiary/aromatic N) is 3. The Morgan fingerprint density at radius 1 is 1.20 bits per heavy atom. The zero-order valence-electron chi connectivity index (χ0n) is 14.2. The number of fused-ring (bicyclic) bond motifs is 1. The predicted molar refractivity (Wildman–Crippen MR) is 98.8 cm³/mol. The first-order valence-electron chi connectivity index (χ1n) is 7.78. The van der Waals surface area contributed by atoms with Gasteiger partial charge in [-0.25, -0.2) is 15.4 Å². The molecule has 0 aliphatic heterocycles. The number of amides is 1. The Balaban J connectivity index is 1.59. The van der Waals surface area contributed by atoms with E-state index in [1.165, 1.54) is 11.8 Å². The molecule has 3 rings (SSSR count). The number of nitrogens with one attached hydrogen (secondary N) is 1. The SMILES string of the molecule is C/C(=N/NC(=O)CSc1nc(C)cc(C)n1)c1cc2ccccc2o1. The molecule has 1 N–H and O–H groups in total. The van der Waals surface area contributed by atoms with Crippen LogP contribution in [-0.2, 0) is 4.79 Å². The van der Waals surface area contributed by atoms with Crippen molar-refractivity contribution >= 4 is 34.3 Å². The molecule has 0 radical (unpaired) electrons. The number of aryl methyl sites for hydroxylation is 2. The van der Waals surface area contributed by atoms with E-state index < -0.39 is 0 Å². The van der Waals surface area contributed by atoms with Gasteiger partial charge in [0.2, 0.25) is 0 Å². The molecule has 0 saturated heterocycles. The lowest BCUT2D eigenvalue weighted by Crippen LogP contribution is -2.21. The molecule has 1 aromatic carbocycles. The van der Waals surface area contributed by atoms with Gasteiger partial charge >= 0.3 is 0 Å². The minimum atomic E-state index is -0.219. The third kappa shape index (κ3) is 4.45. The van der Waals surface area contributed by atoms with Crippen molar-refractivity contribution in [2.45, 2.75) is 25.9 Å². The van der Waals surface area contributed by atoms with Crippen molar-refractivity contribution in [2.75, 3.05) is 5.75 Å². The topological polar surface area (TPSA) is 80.4 Å². The maximum absolute atomic E-state index is 12.0. The monoisotopic (exact) mass is 354 g/mol. The quantitative estimate of drug-likeness (QED) is 0.328. The molecule has 0 aliphatic carbocycles. The second kappa shape index (κ2) is 7.48. The average Bonchev–Trinajstić information content (AvgIpc) is 3.01. The molecule has 2 heterocycles. The van der Waals surface area contributed by atoms with Gasteiger partial charge in [-0.3, -0.25) is 4.79 Å². The minimum Gasteiger partial charge on any atom is -0.455 e. The zero-order valence-corrected chi connectivity index (χ0v) is 15.1. The number of hydrogen-bond donors (Lipinski definition) is 1. The number of furan rings is 1. The summed E-state index contributed by atoms with van der Waals surface area (Å²) in [6, 6.07) is 11.5. The lowest BCUT2D eigenvalue weighted by Gasteiger charge is -2.03. The van der Waals surface area contributed by atoms with Crippen molar-refractivity contribution in [2.24, 2.45) is 5.10 Å². The van der Waals surface area contributed by atoms with Gasteiger partial charge in [0.25, 0.3) is 5.91 Å². The molecule has 0 unspecified atom stereocenters. The van der Waals surface area contributed by atoms with Gasteiger partial charge in [0.15, 0.2) is 10.9 Å². The molecule has 7 heteroatoms. The number of para-hydroxylation sites is 1. The van der Waals surface area contributed by atoms with Gasteiger partial charge in [-0.05, 0) is 39.0 Å². The summed E-state index contributed by atoms with van der Waals surface area (Å²) >= 11 is 1.28. The van der Waals surface area contributed by atoms with E-state index in [4.69, 9.17) is 4.42 Å². The summed E-state index contributed by atoms with van der Waals surface area (Å²) in [6.07, 6.45) is 0. The Morgan fingerprint density at radius 3 is 2.64 bits per heavy atom. The van der Waals surface area contributed by atoms with Crippen LogP contribution in [0, 0.1) is 13.8 Å². The average molecular weight is 354 g/mol. The highest BCUT2D eigenvalue weighted by atomic mass is 32.2. The van der Waals surface area contributed by atoms with Gasteiger partial charge in [-0.2, -0.15) is 5.10 Å². The van der Waals surface area contributed by atoms with Crippen LogP contribution in [0.5, 0.6) is 0 Å². The van der Waals surface area contributed by atoms with E-state index in [1.54, 1.807) is 6.92 Å². The normalized spacial score (nSPS) is 11.7. The summed E-state index contributed by atoms with van der Waals surface area (Å²) < 4.78 is 5.71. The first-order valence-corrected chi connectivity index (χ1v) is 8.77. The van der Waals surface area contributed by atoms with E-state index in [0.717, 1.165) is 22.4 Å². The molecule has 0 saturated carbocycles. The fourth-order valence-corrected chi connectivity index (χ4v) is 3.02. The standard InChI is InChI=1S/C18H18N4O2S/c1-11-8-12(2)20-18(19-11)25-10-17(23)22-21-13(3)16-9-14-6-4-5-7-15(14)24-16/h4-9H,10H2,1-3H3,(H,22,23)/b21-13-. The van der Waals surface area contributed by atoms with Crippen molar-refractivity contribution in [3.63, 3.8) is 0 Å². The van der Waals surface area contributed by atoms with Crippen molar-refractivity contribution in [3.05, 3.63) is 53.5 Å². The second-order valence-electron chi connectivity index (χ2n) is 5.60. The number of hydrazone groups is 1. The Kier molecular flexibility index (Phi) is 5.14. The Labute approximate surface area is 149 Å². The van der Waals surface area contributed by atoms with Gasteiger partial charge in [0.1, 0.15) is 11.3 Å². The van der Waals surface area contributed by atoms with Gasteiger partial charge in [0, 0.05) is 16.8 Å². The number of thioether (sulfide) groups is 1. The predicted octanol–water partition coefficient (Wildman–Crippen LogP) is 3.47. The first kappa shape index (κ1) is 17.2. The molecule has 25 heavy (non-hydrogen) atoms. The molecule has 0 spiro atoms. The van der Waals surface area contributed by atoms with Crippen LogP contribution < -0.4 is 5.43 Å². The van der Waals surface area contributed by atoms with E-state index >= 15 is 0 Å². The maximum atomic E-state index is 12.0. The highest BCUT2D eigenvalue weighted by Crippen LogP contribution is 2.19. The summed E-state index contributed by atoms with van der Waals surface area (Å²) in [7, 11) is 0. The third-order valence-corrected chi connectivity index (χ3v) is 4.27. The van der Waals surface area contributed by atoms with Gasteiger partial charge in [0.05, 0.1) is 5.75 Å². The van der Waals surface area contributed by atoms with E-state index in [9.17, 15) is 4.79 Å². The van der Waals surface area contributed by atoms with Gasteiger partial charge in [-0.15, -0.1) is 0 Å². The van der Waals surface area contributed by atoms with Crippen molar-refractivity contribution < 1.29 is 9.21 Å². The summed E-state index contributed by atoms with van der Waals surface area (Å²) in [5.74, 6) is 0.606. The van der Waals surface area contributed by atoms with Crippen molar-refractivity contribution in [1.82, 2.24) is 15.4 Å². The number of carbonyl (C=O) groups excluding carboxylic acids is 1. The smallest absolute Gasteiger partial charge is 0.250 e. The van der Waals surface area contributed by atoms with Crippen LogP contribution in [-0.4, -0.2) is 27.3 Å². The number of benzene rings is 1. The van der Waals surface area contributed by atoms with Crippen LogP contribution >= 0.6 is 11.8 Å². The van der Waals surface area contributed by atoms with Crippen LogP contribution in [0.1, 0.15) is 24.1 Å². The third-order valence-electron chi connectivity index (χ3n) is 3.42. The Hall–Kier alpha value is -2.67. The van der Waals surface area contributed by atoms with Crippen LogP contribution in [0.3, 0.4) is 0 Å². The van der Waals surface area contributed by atoms with Crippen LogP contribution in [0.25, 0.3) is 11.0 Å². The maximum Gasteiger partial charge on any atom is 0.250 e. The second-order valence-corrected chi connectivity index (χ2v) is 6.55. The van der Waals surface area contributed by atoms with Crippen LogP contribution in [0.15, 0.2) is 51.1 Å². The van der Waals surface area contributed by atoms with E-state index in [-0.39, 0.29) is 11.7 Å². The molecule has 3 aromatic rings. The summed E-state index contributed by atoms with van der Waals surface area (Å²) in [5, 5.41) is 5.70. The molecule has 0 fully saturated rings. The molecular weight excluding hydrogens is 336 g/mol. The zero-order chi connectivity index (χ0) is 17.8. The highest BCUT2D eigenvalue weighted by Gasteiger charge is 2.08. The molecule has 128 valence electrons. The minimum absolute atomic E-state index is 0.194. The number of rotatable bonds is 5. The molecular formula is C18H18N4O2S. The number of carbonyl (C=O) groups is 1. The molecule has 2 aromatic heterocycles. The van der Waals surface area contributed by atoms with Crippen LogP contribution in [0.4, 0.5) is 0 Å². The van der Waals surface area contributed by atoms with E-state index in [2.05, 4.69) is 20.5 Å². The largest absolute Gasteiger partial charge is 0.455 e. The first-order chi connectivity index (χ1) is 12.0. The molecule has 0 atom stereocenters. The highest BCUT2D eigenvalue weighted by molar-refractivity contribution is 7.99. The molecule has 6 nitrogen and oxygen atoms in total. The van der Waals surface area contributed by atoms with Gasteiger partial charge in [-0.1, -0.05) is 30.0 Å². The fourth-order valence-electron chi connectivity index (χ4n) is 2.28. The summed E-state index contributed by atoms with van der Waals surface area (Å²) in [6.45, 7) is 5.60. The lowest BCUT2D eigenvalue weighted by atomic mass is 10.2. The van der Waals surface area contributed by atoms with E-state index in [1.807, 2.05) is 50.2 Å².